The fourth-order valence-electron chi connectivity index (χ4n) is 4.70. The molecule has 1 saturated heterocycles. The Bertz CT molecular complexity index is 786. The number of aromatic nitrogens is 3. The molecule has 0 amide bonds. The van der Waals surface area contributed by atoms with Crippen molar-refractivity contribution in [2.45, 2.75) is 56.2 Å². The maximum atomic E-state index is 6.51. The highest BCUT2D eigenvalue weighted by molar-refractivity contribution is 7.16. The van der Waals surface area contributed by atoms with Gasteiger partial charge in [0, 0.05) is 30.6 Å². The molecule has 3 aliphatic rings. The number of piperidine rings is 1. The molecule has 2 aromatic rings. The minimum atomic E-state index is -0.223. The number of hydrogen-bond acceptors (Lipinski definition) is 5. The second-order valence-electron chi connectivity index (χ2n) is 7.74. The summed E-state index contributed by atoms with van der Waals surface area (Å²) in [5.41, 5.74) is 2.18. The van der Waals surface area contributed by atoms with Crippen molar-refractivity contribution < 1.29 is 4.74 Å². The van der Waals surface area contributed by atoms with Crippen LogP contribution in [0.25, 0.3) is 0 Å². The summed E-state index contributed by atoms with van der Waals surface area (Å²) >= 11 is 8.08. The molecule has 5 nitrogen and oxygen atoms in total. The van der Waals surface area contributed by atoms with Gasteiger partial charge in [0.1, 0.15) is 5.60 Å². The molecule has 1 aliphatic carbocycles. The van der Waals surface area contributed by atoms with Gasteiger partial charge in [-0.2, -0.15) is 0 Å². The Balaban J connectivity index is 1.54. The lowest BCUT2D eigenvalue weighted by Gasteiger charge is -2.49. The van der Waals surface area contributed by atoms with Gasteiger partial charge in [-0.1, -0.05) is 23.2 Å². The second kappa shape index (κ2) is 6.05. The largest absolute Gasteiger partial charge is 0.369 e. The Hall–Kier alpha value is -0.950. The number of hydrogen-bond donors (Lipinski definition) is 1. The first-order chi connectivity index (χ1) is 12.1. The molecule has 25 heavy (non-hydrogen) atoms. The SMILES string of the molecule is Cn1cc(C2CC3(CC(C4CCC4)N2)OCCc2cc(Cl)sc23)nn1. The van der Waals surface area contributed by atoms with Crippen LogP contribution >= 0.6 is 22.9 Å². The van der Waals surface area contributed by atoms with Gasteiger partial charge in [0.25, 0.3) is 0 Å². The maximum absolute atomic E-state index is 6.51. The van der Waals surface area contributed by atoms with E-state index in [0.717, 1.165) is 41.8 Å². The third-order valence-electron chi connectivity index (χ3n) is 6.14. The third kappa shape index (κ3) is 2.74. The lowest BCUT2D eigenvalue weighted by Crippen LogP contribution is -2.54. The first-order valence-corrected chi connectivity index (χ1v) is 10.4. The molecule has 0 bridgehead atoms. The highest BCUT2D eigenvalue weighted by atomic mass is 35.5. The number of ether oxygens (including phenoxy) is 1. The van der Waals surface area contributed by atoms with E-state index in [1.807, 2.05) is 13.2 Å². The summed E-state index contributed by atoms with van der Waals surface area (Å²) in [5, 5.41) is 12.4. The molecule has 1 N–H and O–H groups in total. The Morgan fingerprint density at radius 3 is 3.00 bits per heavy atom. The van der Waals surface area contributed by atoms with Crippen LogP contribution in [0.4, 0.5) is 0 Å². The summed E-state index contributed by atoms with van der Waals surface area (Å²) in [6.45, 7) is 0.782. The summed E-state index contributed by atoms with van der Waals surface area (Å²) in [4.78, 5) is 1.35. The first kappa shape index (κ1) is 16.2. The van der Waals surface area contributed by atoms with Crippen LogP contribution in [0.5, 0.6) is 0 Å². The molecule has 5 rings (SSSR count). The molecule has 0 radical (unpaired) electrons. The topological polar surface area (TPSA) is 52.0 Å². The van der Waals surface area contributed by atoms with E-state index in [2.05, 4.69) is 21.7 Å². The van der Waals surface area contributed by atoms with E-state index in [1.54, 1.807) is 16.0 Å². The molecule has 0 aromatic carbocycles. The van der Waals surface area contributed by atoms with Crippen molar-refractivity contribution in [2.75, 3.05) is 6.61 Å². The van der Waals surface area contributed by atoms with Crippen LogP contribution < -0.4 is 5.32 Å². The van der Waals surface area contributed by atoms with Gasteiger partial charge in [-0.3, -0.25) is 4.68 Å². The van der Waals surface area contributed by atoms with Crippen LogP contribution in [0, 0.1) is 5.92 Å². The minimum absolute atomic E-state index is 0.180. The predicted octanol–water partition coefficient (Wildman–Crippen LogP) is 3.59. The molecule has 4 heterocycles. The van der Waals surface area contributed by atoms with E-state index in [9.17, 15) is 0 Å². The van der Waals surface area contributed by atoms with E-state index in [1.165, 1.54) is 29.7 Å². The number of aryl methyl sites for hydroxylation is 1. The number of rotatable bonds is 2. The van der Waals surface area contributed by atoms with Gasteiger partial charge < -0.3 is 10.1 Å². The molecule has 1 spiro atoms. The average molecular weight is 379 g/mol. The van der Waals surface area contributed by atoms with Crippen molar-refractivity contribution in [1.82, 2.24) is 20.3 Å². The van der Waals surface area contributed by atoms with Crippen LogP contribution in [-0.2, 0) is 23.8 Å². The van der Waals surface area contributed by atoms with Crippen molar-refractivity contribution in [3.63, 3.8) is 0 Å². The van der Waals surface area contributed by atoms with Crippen molar-refractivity contribution in [3.8, 4) is 0 Å². The summed E-state index contributed by atoms with van der Waals surface area (Å²) in [7, 11) is 1.92. The van der Waals surface area contributed by atoms with Crippen molar-refractivity contribution in [3.05, 3.63) is 32.7 Å². The highest BCUT2D eigenvalue weighted by Crippen LogP contribution is 2.51. The molecule has 7 heteroatoms. The number of thiophene rings is 1. The Morgan fingerprint density at radius 2 is 2.28 bits per heavy atom. The zero-order valence-corrected chi connectivity index (χ0v) is 15.9. The van der Waals surface area contributed by atoms with Gasteiger partial charge in [-0.15, -0.1) is 16.4 Å². The fraction of sp³-hybridized carbons (Fsp3) is 0.667. The summed E-state index contributed by atoms with van der Waals surface area (Å²) in [6, 6.07) is 2.80. The molecule has 3 atom stereocenters. The highest BCUT2D eigenvalue weighted by Gasteiger charge is 2.49. The van der Waals surface area contributed by atoms with Gasteiger partial charge >= 0.3 is 0 Å². The van der Waals surface area contributed by atoms with Crippen molar-refractivity contribution in [1.29, 1.82) is 0 Å². The van der Waals surface area contributed by atoms with Crippen LogP contribution in [-0.4, -0.2) is 27.6 Å². The van der Waals surface area contributed by atoms with Gasteiger partial charge in [0.05, 0.1) is 22.7 Å². The zero-order valence-electron chi connectivity index (χ0n) is 14.4. The van der Waals surface area contributed by atoms with Crippen molar-refractivity contribution >= 4 is 22.9 Å². The van der Waals surface area contributed by atoms with Gasteiger partial charge in [-0.25, -0.2) is 0 Å². The average Bonchev–Trinajstić information content (AvgIpc) is 3.12. The van der Waals surface area contributed by atoms with Crippen LogP contribution in [0.15, 0.2) is 12.3 Å². The monoisotopic (exact) mass is 378 g/mol. The predicted molar refractivity (Wildman–Crippen MR) is 97.9 cm³/mol. The molecule has 1 saturated carbocycles. The molecule has 3 unspecified atom stereocenters. The molecule has 2 fully saturated rings. The quantitative estimate of drug-likeness (QED) is 0.867. The standard InChI is InChI=1S/C18H23ClN4OS/c1-23-10-15(21-22-23)14-9-18(8-13(20-14)11-3-2-4-11)17-12(5-6-24-18)7-16(19)25-17/h7,10-11,13-14,20H,2-6,8-9H2,1H3. The lowest BCUT2D eigenvalue weighted by molar-refractivity contribution is -0.106. The smallest absolute Gasteiger partial charge is 0.106 e. The second-order valence-corrected chi connectivity index (χ2v) is 9.42. The number of nitrogens with zero attached hydrogens (tertiary/aromatic N) is 3. The fourth-order valence-corrected chi connectivity index (χ4v) is 6.16. The van der Waals surface area contributed by atoms with Crippen molar-refractivity contribution in [2.24, 2.45) is 13.0 Å². The molecule has 2 aliphatic heterocycles. The normalized spacial score (nSPS) is 32.6. The van der Waals surface area contributed by atoms with E-state index in [4.69, 9.17) is 16.3 Å². The van der Waals surface area contributed by atoms with Crippen LogP contribution in [0.1, 0.15) is 54.3 Å². The molecule has 2 aromatic heterocycles. The van der Waals surface area contributed by atoms with Gasteiger partial charge in [0.2, 0.25) is 0 Å². The summed E-state index contributed by atoms with van der Waals surface area (Å²) < 4.78 is 9.17. The Labute approximate surface area is 156 Å². The summed E-state index contributed by atoms with van der Waals surface area (Å²) in [5.74, 6) is 0.751. The number of halogens is 1. The van der Waals surface area contributed by atoms with Gasteiger partial charge in [0.15, 0.2) is 0 Å². The molecular formula is C18H23ClN4OS. The first-order valence-electron chi connectivity index (χ1n) is 9.18. The van der Waals surface area contributed by atoms with E-state index in [-0.39, 0.29) is 11.6 Å². The minimum Gasteiger partial charge on any atom is -0.369 e. The maximum Gasteiger partial charge on any atom is 0.106 e. The third-order valence-corrected chi connectivity index (χ3v) is 7.63. The summed E-state index contributed by atoms with van der Waals surface area (Å²) in [6.07, 6.45) is 8.93. The molecular weight excluding hydrogens is 356 g/mol. The van der Waals surface area contributed by atoms with E-state index in [0.29, 0.717) is 6.04 Å². The Kier molecular flexibility index (Phi) is 3.93. The lowest BCUT2D eigenvalue weighted by atomic mass is 9.70. The number of fused-ring (bicyclic) bond motifs is 2. The zero-order chi connectivity index (χ0) is 17.0. The van der Waals surface area contributed by atoms with E-state index >= 15 is 0 Å². The van der Waals surface area contributed by atoms with Crippen LogP contribution in [0.2, 0.25) is 4.34 Å². The van der Waals surface area contributed by atoms with Crippen LogP contribution in [0.3, 0.4) is 0 Å². The van der Waals surface area contributed by atoms with E-state index < -0.39 is 0 Å². The van der Waals surface area contributed by atoms with Gasteiger partial charge in [-0.05, 0) is 43.2 Å². The Morgan fingerprint density at radius 1 is 1.40 bits per heavy atom. The number of nitrogens with one attached hydrogen (secondary N) is 1. The molecule has 134 valence electrons.